The third-order valence-electron chi connectivity index (χ3n) is 5.59. The van der Waals surface area contributed by atoms with E-state index in [1.54, 1.807) is 6.07 Å². The number of carbonyl (C=O) groups excluding carboxylic acids is 1. The summed E-state index contributed by atoms with van der Waals surface area (Å²) in [5.74, 6) is 0.510. The Balaban J connectivity index is 1.69. The van der Waals surface area contributed by atoms with E-state index < -0.39 is 0 Å². The number of aromatic nitrogens is 2. The molecule has 0 fully saturated rings. The van der Waals surface area contributed by atoms with Crippen LogP contribution in [0.25, 0.3) is 10.9 Å². The van der Waals surface area contributed by atoms with Crippen LogP contribution in [-0.2, 0) is 17.8 Å². The average molecular weight is 407 g/mol. The third kappa shape index (κ3) is 4.94. The molecular weight excluding hydrogens is 376 g/mol. The van der Waals surface area contributed by atoms with Crippen LogP contribution in [0.5, 0.6) is 0 Å². The van der Waals surface area contributed by atoms with Gasteiger partial charge in [0, 0.05) is 0 Å². The highest BCUT2D eigenvalue weighted by Gasteiger charge is 2.23. The van der Waals surface area contributed by atoms with Crippen LogP contribution in [0, 0.1) is 0 Å². The molecule has 3 aromatic rings. The van der Waals surface area contributed by atoms with E-state index in [0.29, 0.717) is 29.8 Å². The van der Waals surface area contributed by atoms with Gasteiger partial charge in [0.05, 0.1) is 29.5 Å². The Morgan fingerprint density at radius 1 is 1.10 bits per heavy atom. The monoisotopic (exact) mass is 406 g/mol. The fraction of sp³-hybridized carbons (Fsp3) is 0.375. The zero-order chi connectivity index (χ0) is 21.7. The maximum atomic E-state index is 12.9. The number of benzene rings is 2. The first-order valence-corrected chi connectivity index (χ1v) is 10.5. The number of amides is 1. The molecule has 0 saturated heterocycles. The molecule has 2 atom stereocenters. The Morgan fingerprint density at radius 3 is 2.47 bits per heavy atom. The quantitative estimate of drug-likeness (QED) is 0.599. The highest BCUT2D eigenvalue weighted by atomic mass is 16.2. The SMILES string of the molecule is CCc1ccc(C(C)NC(=O)C(C)N(CC)Cc2nc3ccccc3c(=O)[nH]2)cc1. The van der Waals surface area contributed by atoms with Crippen LogP contribution >= 0.6 is 0 Å². The second-order valence-electron chi connectivity index (χ2n) is 7.59. The molecule has 0 aliphatic heterocycles. The Bertz CT molecular complexity index is 1060. The van der Waals surface area contributed by atoms with Crippen LogP contribution in [0.1, 0.15) is 50.7 Å². The molecule has 1 heterocycles. The molecule has 1 amide bonds. The van der Waals surface area contributed by atoms with E-state index in [0.717, 1.165) is 12.0 Å². The summed E-state index contributed by atoms with van der Waals surface area (Å²) in [5.41, 5.74) is 2.86. The number of carbonyl (C=O) groups is 1. The van der Waals surface area contributed by atoms with Crippen LogP contribution in [0.4, 0.5) is 0 Å². The Kier molecular flexibility index (Phi) is 7.00. The van der Waals surface area contributed by atoms with E-state index in [2.05, 4.69) is 46.5 Å². The summed E-state index contributed by atoms with van der Waals surface area (Å²) in [4.78, 5) is 34.6. The molecule has 2 N–H and O–H groups in total. The normalized spacial score (nSPS) is 13.4. The van der Waals surface area contributed by atoms with E-state index in [9.17, 15) is 9.59 Å². The summed E-state index contributed by atoms with van der Waals surface area (Å²) in [5, 5.41) is 3.67. The second kappa shape index (κ2) is 9.67. The Morgan fingerprint density at radius 2 is 1.80 bits per heavy atom. The topological polar surface area (TPSA) is 78.1 Å². The number of rotatable bonds is 8. The van der Waals surface area contributed by atoms with Crippen molar-refractivity contribution in [1.29, 1.82) is 0 Å². The smallest absolute Gasteiger partial charge is 0.258 e. The van der Waals surface area contributed by atoms with Crippen molar-refractivity contribution in [3.63, 3.8) is 0 Å². The predicted octanol–water partition coefficient (Wildman–Crippen LogP) is 3.57. The van der Waals surface area contributed by atoms with E-state index in [1.165, 1.54) is 5.56 Å². The zero-order valence-electron chi connectivity index (χ0n) is 18.1. The molecule has 2 aromatic carbocycles. The van der Waals surface area contributed by atoms with Crippen LogP contribution in [-0.4, -0.2) is 33.4 Å². The molecule has 3 rings (SSSR count). The van der Waals surface area contributed by atoms with Crippen molar-refractivity contribution in [2.75, 3.05) is 6.54 Å². The van der Waals surface area contributed by atoms with Gasteiger partial charge in [0.2, 0.25) is 5.91 Å². The lowest BCUT2D eigenvalue weighted by Gasteiger charge is -2.28. The lowest BCUT2D eigenvalue weighted by atomic mass is 10.0. The number of fused-ring (bicyclic) bond motifs is 1. The number of aromatic amines is 1. The molecule has 1 aromatic heterocycles. The maximum Gasteiger partial charge on any atom is 0.258 e. The van der Waals surface area contributed by atoms with E-state index in [1.807, 2.05) is 43.9 Å². The van der Waals surface area contributed by atoms with Gasteiger partial charge < -0.3 is 10.3 Å². The van der Waals surface area contributed by atoms with Gasteiger partial charge in [-0.05, 0) is 50.1 Å². The second-order valence-corrected chi connectivity index (χ2v) is 7.59. The summed E-state index contributed by atoms with van der Waals surface area (Å²) < 4.78 is 0. The van der Waals surface area contributed by atoms with Crippen LogP contribution < -0.4 is 10.9 Å². The molecule has 0 aliphatic carbocycles. The summed E-state index contributed by atoms with van der Waals surface area (Å²) in [6, 6.07) is 15.2. The van der Waals surface area contributed by atoms with Crippen molar-refractivity contribution in [2.45, 2.75) is 52.7 Å². The summed E-state index contributed by atoms with van der Waals surface area (Å²) in [7, 11) is 0. The van der Waals surface area contributed by atoms with Crippen LogP contribution in [0.3, 0.4) is 0 Å². The minimum Gasteiger partial charge on any atom is -0.348 e. The summed E-state index contributed by atoms with van der Waals surface area (Å²) >= 11 is 0. The predicted molar refractivity (Wildman–Crippen MR) is 120 cm³/mol. The van der Waals surface area contributed by atoms with Crippen molar-refractivity contribution in [3.8, 4) is 0 Å². The number of nitrogens with zero attached hydrogens (tertiary/aromatic N) is 2. The van der Waals surface area contributed by atoms with Gasteiger partial charge in [-0.2, -0.15) is 0 Å². The lowest BCUT2D eigenvalue weighted by molar-refractivity contribution is -0.126. The van der Waals surface area contributed by atoms with Gasteiger partial charge in [-0.3, -0.25) is 14.5 Å². The first-order valence-electron chi connectivity index (χ1n) is 10.5. The Labute approximate surface area is 177 Å². The van der Waals surface area contributed by atoms with Crippen LogP contribution in [0.2, 0.25) is 0 Å². The van der Waals surface area contributed by atoms with Gasteiger partial charge in [0.15, 0.2) is 0 Å². The fourth-order valence-corrected chi connectivity index (χ4v) is 3.55. The third-order valence-corrected chi connectivity index (χ3v) is 5.59. The largest absolute Gasteiger partial charge is 0.348 e. The molecule has 30 heavy (non-hydrogen) atoms. The van der Waals surface area contributed by atoms with Gasteiger partial charge in [-0.1, -0.05) is 50.2 Å². The molecule has 158 valence electrons. The average Bonchev–Trinajstić information content (AvgIpc) is 2.77. The van der Waals surface area contributed by atoms with E-state index >= 15 is 0 Å². The van der Waals surface area contributed by atoms with Crippen molar-refractivity contribution in [1.82, 2.24) is 20.2 Å². The highest BCUT2D eigenvalue weighted by Crippen LogP contribution is 2.15. The van der Waals surface area contributed by atoms with Gasteiger partial charge in [0.25, 0.3) is 5.56 Å². The number of para-hydroxylation sites is 1. The molecule has 0 aliphatic rings. The first-order chi connectivity index (χ1) is 14.4. The highest BCUT2D eigenvalue weighted by molar-refractivity contribution is 5.81. The molecule has 0 saturated carbocycles. The number of likely N-dealkylation sites (N-methyl/N-ethyl adjacent to an activating group) is 1. The minimum atomic E-state index is -0.357. The van der Waals surface area contributed by atoms with Crippen molar-refractivity contribution >= 4 is 16.8 Å². The number of hydrogen-bond acceptors (Lipinski definition) is 4. The van der Waals surface area contributed by atoms with Crippen LogP contribution in [0.15, 0.2) is 53.3 Å². The fourth-order valence-electron chi connectivity index (χ4n) is 3.55. The van der Waals surface area contributed by atoms with Crippen molar-refractivity contribution < 1.29 is 4.79 Å². The molecule has 0 spiro atoms. The standard InChI is InChI=1S/C24H30N4O2/c1-5-18-11-13-19(14-12-18)16(3)25-23(29)17(4)28(6-2)15-22-26-21-10-8-7-9-20(21)24(30)27-22/h7-14,16-17H,5-6,15H2,1-4H3,(H,25,29)(H,26,27,30). The summed E-state index contributed by atoms with van der Waals surface area (Å²) in [6.45, 7) is 9.04. The molecule has 2 unspecified atom stereocenters. The van der Waals surface area contributed by atoms with E-state index in [4.69, 9.17) is 0 Å². The summed E-state index contributed by atoms with van der Waals surface area (Å²) in [6.07, 6.45) is 0.994. The zero-order valence-corrected chi connectivity index (χ0v) is 18.1. The van der Waals surface area contributed by atoms with Gasteiger partial charge in [-0.25, -0.2) is 4.98 Å². The molecule has 6 heteroatoms. The Hall–Kier alpha value is -2.99. The van der Waals surface area contributed by atoms with Gasteiger partial charge in [0.1, 0.15) is 5.82 Å². The maximum absolute atomic E-state index is 12.9. The number of nitrogens with one attached hydrogen (secondary N) is 2. The van der Waals surface area contributed by atoms with Crippen molar-refractivity contribution in [3.05, 3.63) is 75.8 Å². The first kappa shape index (κ1) is 21.7. The van der Waals surface area contributed by atoms with Gasteiger partial charge >= 0.3 is 0 Å². The molecule has 0 bridgehead atoms. The number of H-pyrrole nitrogens is 1. The molecular formula is C24H30N4O2. The van der Waals surface area contributed by atoms with E-state index in [-0.39, 0.29) is 23.6 Å². The molecule has 0 radical (unpaired) electrons. The van der Waals surface area contributed by atoms with Gasteiger partial charge in [-0.15, -0.1) is 0 Å². The van der Waals surface area contributed by atoms with Crippen molar-refractivity contribution in [2.24, 2.45) is 0 Å². The minimum absolute atomic E-state index is 0.0490. The molecule has 6 nitrogen and oxygen atoms in total. The lowest BCUT2D eigenvalue weighted by Crippen LogP contribution is -2.45. The number of hydrogen-bond donors (Lipinski definition) is 2. The number of aryl methyl sites for hydroxylation is 1.